The second-order valence-electron chi connectivity index (χ2n) is 4.65. The Kier molecular flexibility index (Phi) is 5.47. The lowest BCUT2D eigenvalue weighted by Crippen LogP contribution is -2.20. The van der Waals surface area contributed by atoms with Crippen molar-refractivity contribution in [2.45, 2.75) is 19.4 Å². The van der Waals surface area contributed by atoms with Crippen molar-refractivity contribution >= 4 is 21.6 Å². The van der Waals surface area contributed by atoms with Gasteiger partial charge < -0.3 is 15.0 Å². The number of benzene rings is 1. The van der Waals surface area contributed by atoms with Gasteiger partial charge >= 0.3 is 0 Å². The van der Waals surface area contributed by atoms with Crippen molar-refractivity contribution < 1.29 is 4.74 Å². The Bertz CT molecular complexity index is 378. The number of hydrogen-bond acceptors (Lipinski definition) is 3. The predicted molar refractivity (Wildman–Crippen MR) is 79.2 cm³/mol. The van der Waals surface area contributed by atoms with Gasteiger partial charge in [-0.3, -0.25) is 0 Å². The van der Waals surface area contributed by atoms with Gasteiger partial charge in [0.05, 0.1) is 12.3 Å². The van der Waals surface area contributed by atoms with Gasteiger partial charge in [0, 0.05) is 37.8 Å². The van der Waals surface area contributed by atoms with E-state index in [9.17, 15) is 0 Å². The molecule has 0 atom stereocenters. The Morgan fingerprint density at radius 1 is 1.33 bits per heavy atom. The van der Waals surface area contributed by atoms with Gasteiger partial charge in [-0.2, -0.15) is 0 Å². The molecule has 0 aromatic heterocycles. The van der Waals surface area contributed by atoms with Crippen LogP contribution >= 0.6 is 15.9 Å². The van der Waals surface area contributed by atoms with E-state index in [2.05, 4.69) is 44.3 Å². The molecular weight excluding hydrogens is 292 g/mol. The van der Waals surface area contributed by atoms with E-state index in [1.54, 1.807) is 7.11 Å². The average molecular weight is 313 g/mol. The summed E-state index contributed by atoms with van der Waals surface area (Å²) >= 11 is 3.69. The minimum absolute atomic E-state index is 0.757. The SMILES string of the molecule is COCCNCc1ccc(N2CCCC2)c(Br)c1. The van der Waals surface area contributed by atoms with E-state index < -0.39 is 0 Å². The molecular formula is C14H21BrN2O. The molecule has 100 valence electrons. The van der Waals surface area contributed by atoms with E-state index in [-0.39, 0.29) is 0 Å². The predicted octanol–water partition coefficient (Wildman–Crippen LogP) is 2.79. The summed E-state index contributed by atoms with van der Waals surface area (Å²) in [7, 11) is 1.73. The van der Waals surface area contributed by atoms with Gasteiger partial charge in [-0.25, -0.2) is 0 Å². The van der Waals surface area contributed by atoms with Crippen LogP contribution in [-0.2, 0) is 11.3 Å². The maximum absolute atomic E-state index is 5.01. The zero-order valence-electron chi connectivity index (χ0n) is 10.9. The van der Waals surface area contributed by atoms with Crippen molar-refractivity contribution in [2.75, 3.05) is 38.3 Å². The zero-order valence-corrected chi connectivity index (χ0v) is 12.5. The van der Waals surface area contributed by atoms with Gasteiger partial charge in [0.15, 0.2) is 0 Å². The first-order chi connectivity index (χ1) is 8.81. The van der Waals surface area contributed by atoms with Crippen LogP contribution in [0.3, 0.4) is 0 Å². The van der Waals surface area contributed by atoms with Crippen LogP contribution in [0.2, 0.25) is 0 Å². The first kappa shape index (κ1) is 13.8. The highest BCUT2D eigenvalue weighted by atomic mass is 79.9. The second kappa shape index (κ2) is 7.12. The number of nitrogens with one attached hydrogen (secondary N) is 1. The van der Waals surface area contributed by atoms with E-state index in [0.29, 0.717) is 0 Å². The molecule has 1 aromatic rings. The van der Waals surface area contributed by atoms with Gasteiger partial charge in [-0.1, -0.05) is 6.07 Å². The summed E-state index contributed by atoms with van der Waals surface area (Å²) in [5.74, 6) is 0. The highest BCUT2D eigenvalue weighted by Crippen LogP contribution is 2.29. The highest BCUT2D eigenvalue weighted by Gasteiger charge is 2.14. The van der Waals surface area contributed by atoms with Crippen molar-refractivity contribution in [3.8, 4) is 0 Å². The van der Waals surface area contributed by atoms with Gasteiger partial charge in [-0.15, -0.1) is 0 Å². The topological polar surface area (TPSA) is 24.5 Å². The molecule has 1 saturated heterocycles. The van der Waals surface area contributed by atoms with Crippen molar-refractivity contribution in [1.29, 1.82) is 0 Å². The first-order valence-electron chi connectivity index (χ1n) is 6.54. The van der Waals surface area contributed by atoms with Crippen LogP contribution in [0.4, 0.5) is 5.69 Å². The van der Waals surface area contributed by atoms with Crippen LogP contribution < -0.4 is 10.2 Å². The number of hydrogen-bond donors (Lipinski definition) is 1. The molecule has 1 N–H and O–H groups in total. The van der Waals surface area contributed by atoms with E-state index in [1.807, 2.05) is 0 Å². The largest absolute Gasteiger partial charge is 0.383 e. The minimum atomic E-state index is 0.757. The monoisotopic (exact) mass is 312 g/mol. The molecule has 0 spiro atoms. The number of ether oxygens (including phenoxy) is 1. The number of halogens is 1. The molecule has 0 unspecified atom stereocenters. The van der Waals surface area contributed by atoms with E-state index >= 15 is 0 Å². The van der Waals surface area contributed by atoms with Crippen LogP contribution in [-0.4, -0.2) is 33.4 Å². The molecule has 4 heteroatoms. The van der Waals surface area contributed by atoms with Crippen LogP contribution in [0.5, 0.6) is 0 Å². The van der Waals surface area contributed by atoms with Crippen LogP contribution in [0.1, 0.15) is 18.4 Å². The fourth-order valence-electron chi connectivity index (χ4n) is 2.28. The summed E-state index contributed by atoms with van der Waals surface area (Å²) in [6.45, 7) is 4.91. The standard InChI is InChI=1S/C14H21BrN2O/c1-18-9-6-16-11-12-4-5-14(13(15)10-12)17-7-2-3-8-17/h4-5,10,16H,2-3,6-9,11H2,1H3. The number of nitrogens with zero attached hydrogens (tertiary/aromatic N) is 1. The summed E-state index contributed by atoms with van der Waals surface area (Å²) in [5, 5.41) is 3.36. The smallest absolute Gasteiger partial charge is 0.0587 e. The Labute approximate surface area is 118 Å². The first-order valence-corrected chi connectivity index (χ1v) is 7.33. The van der Waals surface area contributed by atoms with E-state index in [1.165, 1.54) is 41.7 Å². The third-order valence-electron chi connectivity index (χ3n) is 3.27. The normalized spacial score (nSPS) is 15.3. The quantitative estimate of drug-likeness (QED) is 0.817. The third kappa shape index (κ3) is 3.70. The minimum Gasteiger partial charge on any atom is -0.383 e. The number of rotatable bonds is 6. The Morgan fingerprint density at radius 3 is 2.78 bits per heavy atom. The molecule has 0 radical (unpaired) electrons. The molecule has 0 saturated carbocycles. The summed E-state index contributed by atoms with van der Waals surface area (Å²) in [4.78, 5) is 2.45. The fraction of sp³-hybridized carbons (Fsp3) is 0.571. The van der Waals surface area contributed by atoms with E-state index in [4.69, 9.17) is 4.74 Å². The third-order valence-corrected chi connectivity index (χ3v) is 3.91. The molecule has 1 fully saturated rings. The fourth-order valence-corrected chi connectivity index (χ4v) is 2.96. The maximum Gasteiger partial charge on any atom is 0.0587 e. The van der Waals surface area contributed by atoms with Gasteiger partial charge in [0.1, 0.15) is 0 Å². The van der Waals surface area contributed by atoms with Crippen molar-refractivity contribution in [3.63, 3.8) is 0 Å². The lowest BCUT2D eigenvalue weighted by atomic mass is 10.2. The summed E-state index contributed by atoms with van der Waals surface area (Å²) in [5.41, 5.74) is 2.63. The zero-order chi connectivity index (χ0) is 12.8. The molecule has 2 rings (SSSR count). The Balaban J connectivity index is 1.92. The van der Waals surface area contributed by atoms with Crippen molar-refractivity contribution in [1.82, 2.24) is 5.32 Å². The average Bonchev–Trinajstić information content (AvgIpc) is 2.88. The van der Waals surface area contributed by atoms with Gasteiger partial charge in [0.2, 0.25) is 0 Å². The Morgan fingerprint density at radius 2 is 2.11 bits per heavy atom. The molecule has 0 aliphatic carbocycles. The molecule has 1 aliphatic heterocycles. The summed E-state index contributed by atoms with van der Waals surface area (Å²) in [6, 6.07) is 6.65. The van der Waals surface area contributed by atoms with Crippen molar-refractivity contribution in [3.05, 3.63) is 28.2 Å². The maximum atomic E-state index is 5.01. The molecule has 0 amide bonds. The lowest BCUT2D eigenvalue weighted by molar-refractivity contribution is 0.199. The Hall–Kier alpha value is -0.580. The summed E-state index contributed by atoms with van der Waals surface area (Å²) in [6.07, 6.45) is 2.62. The molecule has 18 heavy (non-hydrogen) atoms. The summed E-state index contributed by atoms with van der Waals surface area (Å²) < 4.78 is 6.22. The van der Waals surface area contributed by atoms with Gasteiger partial charge in [0.25, 0.3) is 0 Å². The van der Waals surface area contributed by atoms with Gasteiger partial charge in [-0.05, 0) is 46.5 Å². The second-order valence-corrected chi connectivity index (χ2v) is 5.50. The van der Waals surface area contributed by atoms with Crippen LogP contribution in [0, 0.1) is 0 Å². The lowest BCUT2D eigenvalue weighted by Gasteiger charge is -2.19. The highest BCUT2D eigenvalue weighted by molar-refractivity contribution is 9.10. The molecule has 0 bridgehead atoms. The molecule has 1 heterocycles. The number of anilines is 1. The molecule has 3 nitrogen and oxygen atoms in total. The van der Waals surface area contributed by atoms with Crippen molar-refractivity contribution in [2.24, 2.45) is 0 Å². The number of methoxy groups -OCH3 is 1. The van der Waals surface area contributed by atoms with E-state index in [0.717, 1.165) is 19.7 Å². The molecule has 1 aliphatic rings. The van der Waals surface area contributed by atoms with Crippen LogP contribution in [0.25, 0.3) is 0 Å². The molecule has 1 aromatic carbocycles. The van der Waals surface area contributed by atoms with Crippen LogP contribution in [0.15, 0.2) is 22.7 Å².